The van der Waals surface area contributed by atoms with Crippen molar-refractivity contribution in [3.05, 3.63) is 82.2 Å². The summed E-state index contributed by atoms with van der Waals surface area (Å²) in [7, 11) is -3.72. The van der Waals surface area contributed by atoms with E-state index in [9.17, 15) is 13.2 Å². The van der Waals surface area contributed by atoms with Gasteiger partial charge in [0.25, 0.3) is 15.9 Å². The first-order valence-corrected chi connectivity index (χ1v) is 10.8. The number of furan rings is 1. The molecule has 1 amide bonds. The average Bonchev–Trinajstić information content (AvgIpc) is 3.13. The van der Waals surface area contributed by atoms with E-state index in [4.69, 9.17) is 4.42 Å². The van der Waals surface area contributed by atoms with Crippen molar-refractivity contribution in [2.24, 2.45) is 5.10 Å². The minimum absolute atomic E-state index is 0.139. The Balaban J connectivity index is 1.66. The maximum Gasteiger partial charge on any atom is 0.271 e. The normalized spacial score (nSPS) is 11.9. The molecule has 3 rings (SSSR count). The standard InChI is InChI=1S/C20H18BrN3O4S/c1-13-3-12-19(28-13)14(2)22-23-20(25)15-4-8-17(9-5-15)24-29(26,27)18-10-6-16(21)7-11-18/h3-12,24H,1-2H3,(H,23,25). The SMILES string of the molecule is CC(=NNC(=O)c1ccc(NS(=O)(=O)c2ccc(Br)cc2)cc1)c1ccc(C)o1. The number of rotatable bonds is 6. The number of anilines is 1. The van der Waals surface area contributed by atoms with Crippen molar-refractivity contribution in [3.63, 3.8) is 0 Å². The summed E-state index contributed by atoms with van der Waals surface area (Å²) in [4.78, 5) is 12.4. The average molecular weight is 476 g/mol. The zero-order valence-corrected chi connectivity index (χ0v) is 18.0. The zero-order valence-electron chi connectivity index (χ0n) is 15.6. The van der Waals surface area contributed by atoms with E-state index in [0.29, 0.717) is 22.7 Å². The topological polar surface area (TPSA) is 101 Å². The monoisotopic (exact) mass is 475 g/mol. The number of nitrogens with one attached hydrogen (secondary N) is 2. The fourth-order valence-corrected chi connectivity index (χ4v) is 3.72. The predicted molar refractivity (Wildman–Crippen MR) is 115 cm³/mol. The number of benzene rings is 2. The second-order valence-electron chi connectivity index (χ2n) is 6.19. The highest BCUT2D eigenvalue weighted by atomic mass is 79.9. The molecule has 9 heteroatoms. The number of hydrogen-bond donors (Lipinski definition) is 2. The van der Waals surface area contributed by atoms with Gasteiger partial charge in [0.2, 0.25) is 0 Å². The first-order chi connectivity index (χ1) is 13.7. The molecule has 0 atom stereocenters. The molecule has 7 nitrogen and oxygen atoms in total. The summed E-state index contributed by atoms with van der Waals surface area (Å²) >= 11 is 3.27. The lowest BCUT2D eigenvalue weighted by Crippen LogP contribution is -2.19. The van der Waals surface area contributed by atoms with Crippen LogP contribution in [-0.2, 0) is 10.0 Å². The van der Waals surface area contributed by atoms with E-state index in [0.717, 1.165) is 10.2 Å². The number of carbonyl (C=O) groups excluding carboxylic acids is 1. The number of halogens is 1. The van der Waals surface area contributed by atoms with E-state index in [1.165, 1.54) is 36.4 Å². The zero-order chi connectivity index (χ0) is 21.0. The summed E-state index contributed by atoms with van der Waals surface area (Å²) in [6.07, 6.45) is 0. The highest BCUT2D eigenvalue weighted by Crippen LogP contribution is 2.19. The van der Waals surface area contributed by atoms with Gasteiger partial charge in [-0.05, 0) is 74.5 Å². The largest absolute Gasteiger partial charge is 0.460 e. The molecule has 0 saturated heterocycles. The molecule has 2 N–H and O–H groups in total. The lowest BCUT2D eigenvalue weighted by Gasteiger charge is -2.09. The van der Waals surface area contributed by atoms with Crippen LogP contribution >= 0.6 is 15.9 Å². The molecular weight excluding hydrogens is 458 g/mol. The maximum absolute atomic E-state index is 12.4. The van der Waals surface area contributed by atoms with Crippen LogP contribution in [0.5, 0.6) is 0 Å². The van der Waals surface area contributed by atoms with Gasteiger partial charge in [0.15, 0.2) is 0 Å². The fraction of sp³-hybridized carbons (Fsp3) is 0.100. The van der Waals surface area contributed by atoms with Crippen LogP contribution in [-0.4, -0.2) is 20.0 Å². The quantitative estimate of drug-likeness (QED) is 0.409. The molecule has 1 heterocycles. The maximum atomic E-state index is 12.4. The van der Waals surface area contributed by atoms with E-state index in [1.54, 1.807) is 25.1 Å². The van der Waals surface area contributed by atoms with Crippen LogP contribution in [0.1, 0.15) is 28.8 Å². The molecule has 0 aliphatic rings. The Morgan fingerprint density at radius 2 is 1.66 bits per heavy atom. The number of carbonyl (C=O) groups is 1. The third-order valence-electron chi connectivity index (χ3n) is 3.95. The third kappa shape index (κ3) is 5.33. The van der Waals surface area contributed by atoms with Crippen LogP contribution < -0.4 is 10.1 Å². The molecule has 0 bridgehead atoms. The van der Waals surface area contributed by atoms with Crippen molar-refractivity contribution in [2.45, 2.75) is 18.7 Å². The minimum atomic E-state index is -3.72. The van der Waals surface area contributed by atoms with Gasteiger partial charge in [0.05, 0.1) is 4.90 Å². The number of hydrogen-bond acceptors (Lipinski definition) is 5. The van der Waals surface area contributed by atoms with Gasteiger partial charge in [-0.3, -0.25) is 9.52 Å². The molecule has 0 unspecified atom stereocenters. The van der Waals surface area contributed by atoms with Crippen LogP contribution in [0.15, 0.2) is 79.6 Å². The third-order valence-corrected chi connectivity index (χ3v) is 5.87. The van der Waals surface area contributed by atoms with Crippen LogP contribution in [0.3, 0.4) is 0 Å². The summed E-state index contributed by atoms with van der Waals surface area (Å²) in [5, 5.41) is 4.02. The number of hydrazone groups is 1. The van der Waals surface area contributed by atoms with Gasteiger partial charge in [-0.15, -0.1) is 0 Å². The first-order valence-electron chi connectivity index (χ1n) is 8.54. The van der Waals surface area contributed by atoms with E-state index in [2.05, 4.69) is 31.2 Å². The number of aryl methyl sites for hydroxylation is 1. The highest BCUT2D eigenvalue weighted by Gasteiger charge is 2.14. The van der Waals surface area contributed by atoms with Crippen molar-refractivity contribution < 1.29 is 17.6 Å². The lowest BCUT2D eigenvalue weighted by molar-refractivity contribution is 0.0955. The lowest BCUT2D eigenvalue weighted by atomic mass is 10.2. The summed E-state index contributed by atoms with van der Waals surface area (Å²) in [5.74, 6) is 0.900. The Kier molecular flexibility index (Phi) is 6.19. The number of nitrogens with zero attached hydrogens (tertiary/aromatic N) is 1. The van der Waals surface area contributed by atoms with Gasteiger partial charge in [-0.25, -0.2) is 13.8 Å². The fourth-order valence-electron chi connectivity index (χ4n) is 2.40. The van der Waals surface area contributed by atoms with E-state index < -0.39 is 15.9 Å². The van der Waals surface area contributed by atoms with Gasteiger partial charge in [0, 0.05) is 15.7 Å². The Bertz CT molecular complexity index is 1150. The second kappa shape index (κ2) is 8.62. The summed E-state index contributed by atoms with van der Waals surface area (Å²) in [6.45, 7) is 3.54. The van der Waals surface area contributed by atoms with Gasteiger partial charge in [-0.2, -0.15) is 5.10 Å². The molecule has 0 saturated carbocycles. The second-order valence-corrected chi connectivity index (χ2v) is 8.78. The van der Waals surface area contributed by atoms with Crippen molar-refractivity contribution >= 4 is 43.3 Å². The molecule has 150 valence electrons. The molecule has 0 fully saturated rings. The minimum Gasteiger partial charge on any atom is -0.460 e. The Morgan fingerprint density at radius 1 is 1.00 bits per heavy atom. The molecule has 2 aromatic carbocycles. The highest BCUT2D eigenvalue weighted by molar-refractivity contribution is 9.10. The van der Waals surface area contributed by atoms with Gasteiger partial charge >= 0.3 is 0 Å². The number of sulfonamides is 1. The molecule has 29 heavy (non-hydrogen) atoms. The summed E-state index contributed by atoms with van der Waals surface area (Å²) in [5.41, 5.74) is 3.66. The molecule has 0 aliphatic heterocycles. The molecule has 1 aromatic heterocycles. The van der Waals surface area contributed by atoms with Gasteiger partial charge in [-0.1, -0.05) is 15.9 Å². The van der Waals surface area contributed by atoms with E-state index in [1.807, 2.05) is 13.0 Å². The Labute approximate surface area is 177 Å². The molecular formula is C20H18BrN3O4S. The van der Waals surface area contributed by atoms with E-state index >= 15 is 0 Å². The van der Waals surface area contributed by atoms with Crippen molar-refractivity contribution in [2.75, 3.05) is 4.72 Å². The van der Waals surface area contributed by atoms with Crippen LogP contribution in [0, 0.1) is 6.92 Å². The predicted octanol–water partition coefficient (Wildman–Crippen LogP) is 4.31. The number of amides is 1. The van der Waals surface area contributed by atoms with Gasteiger partial charge < -0.3 is 4.42 Å². The van der Waals surface area contributed by atoms with Crippen molar-refractivity contribution in [1.29, 1.82) is 0 Å². The molecule has 0 spiro atoms. The van der Waals surface area contributed by atoms with Crippen LogP contribution in [0.4, 0.5) is 5.69 Å². The van der Waals surface area contributed by atoms with Crippen molar-refractivity contribution in [1.82, 2.24) is 5.43 Å². The molecule has 0 radical (unpaired) electrons. The summed E-state index contributed by atoms with van der Waals surface area (Å²) < 4.78 is 33.5. The van der Waals surface area contributed by atoms with Gasteiger partial charge in [0.1, 0.15) is 17.2 Å². The Morgan fingerprint density at radius 3 is 2.24 bits per heavy atom. The molecule has 0 aliphatic carbocycles. The van der Waals surface area contributed by atoms with E-state index in [-0.39, 0.29) is 4.90 Å². The first kappa shape index (κ1) is 20.8. The van der Waals surface area contributed by atoms with Crippen LogP contribution in [0.25, 0.3) is 0 Å². The summed E-state index contributed by atoms with van der Waals surface area (Å²) in [6, 6.07) is 15.9. The Hall–Kier alpha value is -2.91. The molecule has 3 aromatic rings. The van der Waals surface area contributed by atoms with Crippen molar-refractivity contribution in [3.8, 4) is 0 Å². The van der Waals surface area contributed by atoms with Crippen LogP contribution in [0.2, 0.25) is 0 Å². The smallest absolute Gasteiger partial charge is 0.271 e.